The molecule has 0 radical (unpaired) electrons. The summed E-state index contributed by atoms with van der Waals surface area (Å²) in [6, 6.07) is -0.238. The lowest BCUT2D eigenvalue weighted by Gasteiger charge is -2.12. The molecule has 0 saturated heterocycles. The Hall–Kier alpha value is -0.770. The molecule has 1 rings (SSSR count). The molecule has 4 heteroatoms. The Morgan fingerprint density at radius 2 is 2.20 bits per heavy atom. The van der Waals surface area contributed by atoms with Crippen molar-refractivity contribution in [3.8, 4) is 0 Å². The summed E-state index contributed by atoms with van der Waals surface area (Å²) in [6.45, 7) is 0. The van der Waals surface area contributed by atoms with E-state index in [0.29, 0.717) is 6.42 Å². The van der Waals surface area contributed by atoms with Crippen molar-refractivity contribution in [1.29, 1.82) is 0 Å². The predicted molar refractivity (Wildman–Crippen MR) is 34.8 cm³/mol. The standard InChI is InChI=1S/C6H11NO3/c8-5-3-1-2-4(5)7-6(9)10/h4-5,7-8H,1-3H2,(H,9,10)/t4-,5+/m1/s1. The van der Waals surface area contributed by atoms with E-state index in [2.05, 4.69) is 5.32 Å². The number of hydrogen-bond donors (Lipinski definition) is 3. The molecule has 0 bridgehead atoms. The van der Waals surface area contributed by atoms with Gasteiger partial charge < -0.3 is 15.5 Å². The Kier molecular flexibility index (Phi) is 2.11. The number of carboxylic acid groups (broad SMARTS) is 1. The molecule has 2 atom stereocenters. The largest absolute Gasteiger partial charge is 0.465 e. The Balaban J connectivity index is 2.33. The summed E-state index contributed by atoms with van der Waals surface area (Å²) >= 11 is 0. The van der Waals surface area contributed by atoms with Gasteiger partial charge in [0.25, 0.3) is 0 Å². The molecule has 1 aliphatic carbocycles. The van der Waals surface area contributed by atoms with Crippen LogP contribution in [-0.4, -0.2) is 28.5 Å². The molecule has 10 heavy (non-hydrogen) atoms. The first-order chi connectivity index (χ1) is 4.70. The third kappa shape index (κ3) is 1.60. The highest BCUT2D eigenvalue weighted by molar-refractivity contribution is 5.64. The second-order valence-electron chi connectivity index (χ2n) is 2.55. The molecule has 58 valence electrons. The van der Waals surface area contributed by atoms with Crippen LogP contribution in [0.1, 0.15) is 19.3 Å². The maximum absolute atomic E-state index is 10.1. The highest BCUT2D eigenvalue weighted by Gasteiger charge is 2.25. The molecule has 0 aromatic heterocycles. The van der Waals surface area contributed by atoms with Gasteiger partial charge in [0.2, 0.25) is 0 Å². The molecule has 3 N–H and O–H groups in total. The second-order valence-corrected chi connectivity index (χ2v) is 2.55. The summed E-state index contributed by atoms with van der Waals surface area (Å²) in [5.41, 5.74) is 0. The maximum Gasteiger partial charge on any atom is 0.404 e. The average molecular weight is 145 g/mol. The van der Waals surface area contributed by atoms with Crippen molar-refractivity contribution in [3.05, 3.63) is 0 Å². The van der Waals surface area contributed by atoms with Crippen LogP contribution in [0.25, 0.3) is 0 Å². The molecule has 1 amide bonds. The summed E-state index contributed by atoms with van der Waals surface area (Å²) in [4.78, 5) is 10.1. The van der Waals surface area contributed by atoms with Gasteiger partial charge in [-0.25, -0.2) is 4.79 Å². The van der Waals surface area contributed by atoms with E-state index in [-0.39, 0.29) is 6.04 Å². The molecule has 1 aliphatic rings. The highest BCUT2D eigenvalue weighted by Crippen LogP contribution is 2.18. The molecule has 1 saturated carbocycles. The van der Waals surface area contributed by atoms with E-state index in [1.54, 1.807) is 0 Å². The van der Waals surface area contributed by atoms with Crippen molar-refractivity contribution in [2.75, 3.05) is 0 Å². The van der Waals surface area contributed by atoms with Gasteiger partial charge >= 0.3 is 6.09 Å². The van der Waals surface area contributed by atoms with Crippen LogP contribution in [0.3, 0.4) is 0 Å². The van der Waals surface area contributed by atoms with E-state index >= 15 is 0 Å². The van der Waals surface area contributed by atoms with Gasteiger partial charge in [-0.1, -0.05) is 0 Å². The lowest BCUT2D eigenvalue weighted by atomic mass is 10.2. The Morgan fingerprint density at radius 3 is 2.60 bits per heavy atom. The Morgan fingerprint density at radius 1 is 1.50 bits per heavy atom. The van der Waals surface area contributed by atoms with Crippen LogP contribution in [0.2, 0.25) is 0 Å². The summed E-state index contributed by atoms with van der Waals surface area (Å²) in [5, 5.41) is 19.6. The van der Waals surface area contributed by atoms with Gasteiger partial charge in [-0.15, -0.1) is 0 Å². The zero-order valence-corrected chi connectivity index (χ0v) is 5.58. The number of hydrogen-bond acceptors (Lipinski definition) is 2. The second kappa shape index (κ2) is 2.88. The van der Waals surface area contributed by atoms with E-state index in [1.165, 1.54) is 0 Å². The van der Waals surface area contributed by atoms with Gasteiger partial charge in [-0.05, 0) is 19.3 Å². The monoisotopic (exact) mass is 145 g/mol. The number of carbonyl (C=O) groups is 1. The topological polar surface area (TPSA) is 69.6 Å². The fraction of sp³-hybridized carbons (Fsp3) is 0.833. The number of aliphatic hydroxyl groups excluding tert-OH is 1. The first-order valence-corrected chi connectivity index (χ1v) is 3.37. The SMILES string of the molecule is O=C(O)N[C@@H]1CCC[C@@H]1O. The third-order valence-electron chi connectivity index (χ3n) is 1.79. The van der Waals surface area contributed by atoms with Crippen LogP contribution < -0.4 is 5.32 Å². The van der Waals surface area contributed by atoms with Crippen molar-refractivity contribution in [2.45, 2.75) is 31.4 Å². The molecule has 0 spiro atoms. The minimum atomic E-state index is -1.05. The fourth-order valence-electron chi connectivity index (χ4n) is 1.27. The first-order valence-electron chi connectivity index (χ1n) is 3.37. The quantitative estimate of drug-likeness (QED) is 0.492. The zero-order valence-electron chi connectivity index (χ0n) is 5.58. The molecule has 0 aromatic rings. The Bertz CT molecular complexity index is 137. The van der Waals surface area contributed by atoms with Crippen LogP contribution in [-0.2, 0) is 0 Å². The Labute approximate surface area is 58.9 Å². The van der Waals surface area contributed by atoms with Crippen molar-refractivity contribution in [3.63, 3.8) is 0 Å². The van der Waals surface area contributed by atoms with Gasteiger partial charge in [-0.3, -0.25) is 0 Å². The number of aliphatic hydroxyl groups is 1. The number of rotatable bonds is 1. The third-order valence-corrected chi connectivity index (χ3v) is 1.79. The van der Waals surface area contributed by atoms with Crippen LogP contribution in [0.15, 0.2) is 0 Å². The first kappa shape index (κ1) is 7.34. The molecular formula is C6H11NO3. The predicted octanol–water partition coefficient (Wildman–Crippen LogP) is 0.167. The highest BCUT2D eigenvalue weighted by atomic mass is 16.4. The average Bonchev–Trinajstić information content (AvgIpc) is 2.15. The summed E-state index contributed by atoms with van der Waals surface area (Å²) in [6.07, 6.45) is 0.854. The van der Waals surface area contributed by atoms with Crippen molar-refractivity contribution < 1.29 is 15.0 Å². The molecule has 1 fully saturated rings. The number of amides is 1. The number of nitrogens with one attached hydrogen (secondary N) is 1. The molecule has 4 nitrogen and oxygen atoms in total. The van der Waals surface area contributed by atoms with Crippen molar-refractivity contribution >= 4 is 6.09 Å². The van der Waals surface area contributed by atoms with Crippen LogP contribution in [0.5, 0.6) is 0 Å². The lowest BCUT2D eigenvalue weighted by Crippen LogP contribution is -2.38. The smallest absolute Gasteiger partial charge is 0.404 e. The molecule has 0 aromatic carbocycles. The molecule has 0 heterocycles. The maximum atomic E-state index is 10.1. The minimum absolute atomic E-state index is 0.238. The molecule has 0 aliphatic heterocycles. The van der Waals surface area contributed by atoms with E-state index in [1.807, 2.05) is 0 Å². The van der Waals surface area contributed by atoms with Crippen molar-refractivity contribution in [2.24, 2.45) is 0 Å². The summed E-state index contributed by atoms with van der Waals surface area (Å²) < 4.78 is 0. The van der Waals surface area contributed by atoms with Gasteiger partial charge in [-0.2, -0.15) is 0 Å². The fourth-order valence-corrected chi connectivity index (χ4v) is 1.27. The normalized spacial score (nSPS) is 32.1. The van der Waals surface area contributed by atoms with Gasteiger partial charge in [0.1, 0.15) is 0 Å². The lowest BCUT2D eigenvalue weighted by molar-refractivity contribution is 0.138. The van der Waals surface area contributed by atoms with Gasteiger partial charge in [0, 0.05) is 0 Å². The van der Waals surface area contributed by atoms with E-state index in [9.17, 15) is 4.79 Å². The van der Waals surface area contributed by atoms with Crippen LogP contribution >= 0.6 is 0 Å². The summed E-state index contributed by atoms with van der Waals surface area (Å²) in [5.74, 6) is 0. The van der Waals surface area contributed by atoms with Crippen molar-refractivity contribution in [1.82, 2.24) is 5.32 Å². The molecular weight excluding hydrogens is 134 g/mol. The summed E-state index contributed by atoms with van der Waals surface area (Å²) in [7, 11) is 0. The minimum Gasteiger partial charge on any atom is -0.465 e. The van der Waals surface area contributed by atoms with Gasteiger partial charge in [0.05, 0.1) is 12.1 Å². The zero-order chi connectivity index (χ0) is 7.56. The van der Waals surface area contributed by atoms with E-state index in [0.717, 1.165) is 12.8 Å². The van der Waals surface area contributed by atoms with Crippen LogP contribution in [0.4, 0.5) is 4.79 Å². The van der Waals surface area contributed by atoms with E-state index in [4.69, 9.17) is 10.2 Å². The van der Waals surface area contributed by atoms with E-state index < -0.39 is 12.2 Å². The van der Waals surface area contributed by atoms with Gasteiger partial charge in [0.15, 0.2) is 0 Å². The molecule has 0 unspecified atom stereocenters. The van der Waals surface area contributed by atoms with Crippen LogP contribution in [0, 0.1) is 0 Å².